The SMILES string of the molecule is CN=C(NCCCOCC(C)C)NCCN1CCS(=O)(=O)CC1. The highest BCUT2D eigenvalue weighted by atomic mass is 32.2. The van der Waals surface area contributed by atoms with Crippen LogP contribution in [-0.4, -0.2) is 83.8 Å². The normalized spacial score (nSPS) is 19.0. The van der Waals surface area contributed by atoms with Crippen LogP contribution in [0.2, 0.25) is 0 Å². The van der Waals surface area contributed by atoms with E-state index in [9.17, 15) is 8.42 Å². The topological polar surface area (TPSA) is 83.0 Å². The highest BCUT2D eigenvalue weighted by Gasteiger charge is 2.20. The molecule has 0 unspecified atom stereocenters. The average molecular weight is 349 g/mol. The third-order valence-electron chi connectivity index (χ3n) is 3.59. The smallest absolute Gasteiger partial charge is 0.191 e. The first-order chi connectivity index (χ1) is 10.9. The quantitative estimate of drug-likeness (QED) is 0.345. The van der Waals surface area contributed by atoms with Crippen LogP contribution in [0.3, 0.4) is 0 Å². The minimum atomic E-state index is -2.80. The van der Waals surface area contributed by atoms with Gasteiger partial charge in [-0.1, -0.05) is 13.8 Å². The lowest BCUT2D eigenvalue weighted by Crippen LogP contribution is -2.46. The van der Waals surface area contributed by atoms with E-state index < -0.39 is 9.84 Å². The van der Waals surface area contributed by atoms with Gasteiger partial charge in [-0.15, -0.1) is 0 Å². The third kappa shape index (κ3) is 9.78. The average Bonchev–Trinajstić information content (AvgIpc) is 2.50. The van der Waals surface area contributed by atoms with Crippen LogP contribution < -0.4 is 10.6 Å². The Morgan fingerprint density at radius 3 is 2.48 bits per heavy atom. The summed E-state index contributed by atoms with van der Waals surface area (Å²) in [5, 5.41) is 6.51. The van der Waals surface area contributed by atoms with E-state index in [1.165, 1.54) is 0 Å². The van der Waals surface area contributed by atoms with Crippen LogP contribution in [0.1, 0.15) is 20.3 Å². The zero-order valence-corrected chi connectivity index (χ0v) is 15.5. The molecule has 0 aromatic heterocycles. The molecule has 0 spiro atoms. The molecule has 0 amide bonds. The lowest BCUT2D eigenvalue weighted by Gasteiger charge is -2.26. The summed E-state index contributed by atoms with van der Waals surface area (Å²) < 4.78 is 28.3. The summed E-state index contributed by atoms with van der Waals surface area (Å²) in [4.78, 5) is 6.35. The fourth-order valence-electron chi connectivity index (χ4n) is 2.23. The molecule has 0 aromatic carbocycles. The van der Waals surface area contributed by atoms with Crippen molar-refractivity contribution >= 4 is 15.8 Å². The number of hydrogen-bond donors (Lipinski definition) is 2. The van der Waals surface area contributed by atoms with Gasteiger partial charge in [-0.3, -0.25) is 9.89 Å². The molecule has 136 valence electrons. The Kier molecular flexibility index (Phi) is 9.50. The van der Waals surface area contributed by atoms with Crippen molar-refractivity contribution < 1.29 is 13.2 Å². The van der Waals surface area contributed by atoms with Gasteiger partial charge in [0, 0.05) is 53.0 Å². The van der Waals surface area contributed by atoms with E-state index in [2.05, 4.69) is 34.4 Å². The molecular weight excluding hydrogens is 316 g/mol. The molecule has 1 aliphatic rings. The van der Waals surface area contributed by atoms with Crippen LogP contribution in [0, 0.1) is 5.92 Å². The van der Waals surface area contributed by atoms with E-state index in [1.54, 1.807) is 7.05 Å². The Hall–Kier alpha value is -0.860. The van der Waals surface area contributed by atoms with Crippen LogP contribution in [0.15, 0.2) is 4.99 Å². The Morgan fingerprint density at radius 2 is 1.87 bits per heavy atom. The van der Waals surface area contributed by atoms with Crippen LogP contribution >= 0.6 is 0 Å². The van der Waals surface area contributed by atoms with Gasteiger partial charge in [0.15, 0.2) is 15.8 Å². The van der Waals surface area contributed by atoms with Crippen molar-refractivity contribution in [3.05, 3.63) is 0 Å². The molecule has 1 fully saturated rings. The summed E-state index contributed by atoms with van der Waals surface area (Å²) in [5.41, 5.74) is 0. The summed E-state index contributed by atoms with van der Waals surface area (Å²) in [7, 11) is -1.05. The molecule has 7 nitrogen and oxygen atoms in total. The molecule has 0 saturated carbocycles. The van der Waals surface area contributed by atoms with Gasteiger partial charge in [0.05, 0.1) is 11.5 Å². The highest BCUT2D eigenvalue weighted by Crippen LogP contribution is 2.02. The first kappa shape index (κ1) is 20.2. The number of nitrogens with one attached hydrogen (secondary N) is 2. The Bertz CT molecular complexity index is 438. The molecule has 2 N–H and O–H groups in total. The van der Waals surface area contributed by atoms with E-state index in [0.29, 0.717) is 19.0 Å². The van der Waals surface area contributed by atoms with Gasteiger partial charge in [0.1, 0.15) is 0 Å². The Balaban J connectivity index is 2.06. The molecule has 0 bridgehead atoms. The lowest BCUT2D eigenvalue weighted by molar-refractivity contribution is 0.108. The number of guanidine groups is 1. The number of hydrogen-bond acceptors (Lipinski definition) is 5. The van der Waals surface area contributed by atoms with E-state index in [4.69, 9.17) is 4.74 Å². The molecule has 0 aromatic rings. The van der Waals surface area contributed by atoms with Gasteiger partial charge in [0.25, 0.3) is 0 Å². The summed E-state index contributed by atoms with van der Waals surface area (Å²) in [5.74, 6) is 1.90. The first-order valence-electron chi connectivity index (χ1n) is 8.38. The molecule has 1 heterocycles. The number of sulfone groups is 1. The number of aliphatic imine (C=N–C) groups is 1. The van der Waals surface area contributed by atoms with Crippen LogP contribution in [-0.2, 0) is 14.6 Å². The molecule has 0 atom stereocenters. The first-order valence-corrected chi connectivity index (χ1v) is 10.2. The van der Waals surface area contributed by atoms with Crippen LogP contribution in [0.5, 0.6) is 0 Å². The summed E-state index contributed by atoms with van der Waals surface area (Å²) in [6.07, 6.45) is 0.942. The second kappa shape index (κ2) is 10.8. The molecule has 0 radical (unpaired) electrons. The molecule has 1 rings (SSSR count). The summed E-state index contributed by atoms with van der Waals surface area (Å²) in [6, 6.07) is 0. The van der Waals surface area contributed by atoms with Crippen LogP contribution in [0.25, 0.3) is 0 Å². The van der Waals surface area contributed by atoms with Gasteiger partial charge in [0.2, 0.25) is 0 Å². The van der Waals surface area contributed by atoms with Gasteiger partial charge >= 0.3 is 0 Å². The molecule has 1 saturated heterocycles. The molecule has 0 aliphatic carbocycles. The summed E-state index contributed by atoms with van der Waals surface area (Å²) >= 11 is 0. The second-order valence-corrected chi connectivity index (χ2v) is 8.55. The minimum Gasteiger partial charge on any atom is -0.381 e. The molecule has 1 aliphatic heterocycles. The lowest BCUT2D eigenvalue weighted by atomic mass is 10.2. The van der Waals surface area contributed by atoms with E-state index >= 15 is 0 Å². The van der Waals surface area contributed by atoms with Gasteiger partial charge in [-0.25, -0.2) is 8.42 Å². The Labute approximate surface area is 140 Å². The van der Waals surface area contributed by atoms with E-state index in [-0.39, 0.29) is 11.5 Å². The predicted molar refractivity (Wildman–Crippen MR) is 94.7 cm³/mol. The maximum Gasteiger partial charge on any atom is 0.191 e. The fraction of sp³-hybridized carbons (Fsp3) is 0.933. The van der Waals surface area contributed by atoms with Crippen molar-refractivity contribution in [2.75, 3.05) is 64.5 Å². The maximum atomic E-state index is 11.4. The van der Waals surface area contributed by atoms with E-state index in [0.717, 1.165) is 45.2 Å². The highest BCUT2D eigenvalue weighted by molar-refractivity contribution is 7.91. The van der Waals surface area contributed by atoms with Crippen molar-refractivity contribution in [1.29, 1.82) is 0 Å². The number of nitrogens with zero attached hydrogens (tertiary/aromatic N) is 2. The van der Waals surface area contributed by atoms with Crippen molar-refractivity contribution in [2.24, 2.45) is 10.9 Å². The van der Waals surface area contributed by atoms with Gasteiger partial charge in [-0.2, -0.15) is 0 Å². The van der Waals surface area contributed by atoms with Gasteiger partial charge in [-0.05, 0) is 12.3 Å². The summed E-state index contributed by atoms with van der Waals surface area (Å²) in [6.45, 7) is 9.50. The largest absolute Gasteiger partial charge is 0.381 e. The predicted octanol–water partition coefficient (Wildman–Crippen LogP) is -0.0555. The van der Waals surface area contributed by atoms with Crippen molar-refractivity contribution in [2.45, 2.75) is 20.3 Å². The third-order valence-corrected chi connectivity index (χ3v) is 5.20. The number of rotatable bonds is 9. The second-order valence-electron chi connectivity index (χ2n) is 6.24. The molecular formula is C15H32N4O3S. The monoisotopic (exact) mass is 348 g/mol. The van der Waals surface area contributed by atoms with Crippen molar-refractivity contribution in [1.82, 2.24) is 15.5 Å². The van der Waals surface area contributed by atoms with Crippen LogP contribution in [0.4, 0.5) is 0 Å². The zero-order chi connectivity index (χ0) is 17.1. The zero-order valence-electron chi connectivity index (χ0n) is 14.7. The van der Waals surface area contributed by atoms with Gasteiger partial charge < -0.3 is 15.4 Å². The maximum absolute atomic E-state index is 11.4. The molecule has 8 heteroatoms. The van der Waals surface area contributed by atoms with Crippen molar-refractivity contribution in [3.8, 4) is 0 Å². The number of ether oxygens (including phenoxy) is 1. The molecule has 23 heavy (non-hydrogen) atoms. The standard InChI is InChI=1S/C15H32N4O3S/c1-14(2)13-22-10-4-5-17-15(16-3)18-6-7-19-8-11-23(20,21)12-9-19/h14H,4-13H2,1-3H3,(H2,16,17,18). The van der Waals surface area contributed by atoms with E-state index in [1.807, 2.05) is 0 Å². The fourth-order valence-corrected chi connectivity index (χ4v) is 3.50. The Morgan fingerprint density at radius 1 is 1.22 bits per heavy atom. The minimum absolute atomic E-state index is 0.274. The van der Waals surface area contributed by atoms with Crippen molar-refractivity contribution in [3.63, 3.8) is 0 Å².